The summed E-state index contributed by atoms with van der Waals surface area (Å²) in [5.41, 5.74) is 4.91. The second-order valence-electron chi connectivity index (χ2n) is 3.99. The van der Waals surface area contributed by atoms with Crippen LogP contribution in [0.15, 0.2) is 30.6 Å². The molecule has 1 rings (SSSR count). The quantitative estimate of drug-likeness (QED) is 0.538. The first-order chi connectivity index (χ1) is 8.99. The molecule has 0 aliphatic carbocycles. The fourth-order valence-corrected chi connectivity index (χ4v) is 1.48. The molecule has 7 heteroatoms. The van der Waals surface area contributed by atoms with Gasteiger partial charge in [-0.15, -0.1) is 0 Å². The third kappa shape index (κ3) is 5.62. The number of carbonyl (C=O) groups is 3. The molecule has 0 aromatic carbocycles. The molecular weight excluding hydrogens is 250 g/mol. The molecule has 0 saturated heterocycles. The van der Waals surface area contributed by atoms with Crippen molar-refractivity contribution < 1.29 is 24.1 Å². The van der Waals surface area contributed by atoms with E-state index in [9.17, 15) is 14.4 Å². The molecule has 1 heterocycles. The third-order valence-electron chi connectivity index (χ3n) is 2.41. The SMILES string of the molecule is NC(=O)CC(NC(=O)CC[n+]1ccccc1)C(=O)O. The lowest BCUT2D eigenvalue weighted by Gasteiger charge is -2.11. The fraction of sp³-hybridized carbons (Fsp3) is 0.333. The number of carboxylic acids is 1. The lowest BCUT2D eigenvalue weighted by Crippen LogP contribution is -2.45. The van der Waals surface area contributed by atoms with Crippen LogP contribution in [0.5, 0.6) is 0 Å². The molecule has 19 heavy (non-hydrogen) atoms. The van der Waals surface area contributed by atoms with Gasteiger partial charge in [-0.25, -0.2) is 9.36 Å². The van der Waals surface area contributed by atoms with Gasteiger partial charge in [-0.05, 0) is 0 Å². The molecule has 1 aromatic rings. The van der Waals surface area contributed by atoms with Crippen LogP contribution in [0.2, 0.25) is 0 Å². The number of rotatable bonds is 7. The summed E-state index contributed by atoms with van der Waals surface area (Å²) in [6, 6.07) is 4.23. The van der Waals surface area contributed by atoms with Gasteiger partial charge >= 0.3 is 5.97 Å². The summed E-state index contributed by atoms with van der Waals surface area (Å²) in [4.78, 5) is 33.1. The average Bonchev–Trinajstić information content (AvgIpc) is 2.36. The van der Waals surface area contributed by atoms with E-state index < -0.39 is 30.2 Å². The van der Waals surface area contributed by atoms with Crippen molar-refractivity contribution in [1.29, 1.82) is 0 Å². The highest BCUT2D eigenvalue weighted by atomic mass is 16.4. The van der Waals surface area contributed by atoms with E-state index in [1.54, 1.807) is 17.0 Å². The van der Waals surface area contributed by atoms with E-state index in [4.69, 9.17) is 10.8 Å². The first kappa shape index (κ1) is 14.6. The van der Waals surface area contributed by atoms with Gasteiger partial charge in [0.1, 0.15) is 6.04 Å². The van der Waals surface area contributed by atoms with Crippen molar-refractivity contribution in [2.45, 2.75) is 25.4 Å². The van der Waals surface area contributed by atoms with Crippen LogP contribution in [0.3, 0.4) is 0 Å². The maximum absolute atomic E-state index is 11.6. The summed E-state index contributed by atoms with van der Waals surface area (Å²) in [6.07, 6.45) is 3.30. The second-order valence-corrected chi connectivity index (χ2v) is 3.99. The maximum Gasteiger partial charge on any atom is 0.326 e. The molecule has 2 amide bonds. The molecule has 102 valence electrons. The highest BCUT2D eigenvalue weighted by Gasteiger charge is 2.22. The fourth-order valence-electron chi connectivity index (χ4n) is 1.48. The van der Waals surface area contributed by atoms with Crippen molar-refractivity contribution in [3.05, 3.63) is 30.6 Å². The molecule has 1 unspecified atom stereocenters. The van der Waals surface area contributed by atoms with Crippen molar-refractivity contribution in [1.82, 2.24) is 5.32 Å². The van der Waals surface area contributed by atoms with E-state index >= 15 is 0 Å². The molecule has 4 N–H and O–H groups in total. The zero-order valence-corrected chi connectivity index (χ0v) is 10.3. The summed E-state index contributed by atoms with van der Waals surface area (Å²) in [5, 5.41) is 11.1. The largest absolute Gasteiger partial charge is 0.480 e. The van der Waals surface area contributed by atoms with Gasteiger partial charge in [0.2, 0.25) is 11.8 Å². The number of aromatic nitrogens is 1. The van der Waals surface area contributed by atoms with Crippen molar-refractivity contribution in [2.75, 3.05) is 0 Å². The van der Waals surface area contributed by atoms with E-state index in [0.29, 0.717) is 6.54 Å². The number of nitrogens with zero attached hydrogens (tertiary/aromatic N) is 1. The van der Waals surface area contributed by atoms with E-state index in [2.05, 4.69) is 5.32 Å². The molecule has 0 bridgehead atoms. The average molecular weight is 266 g/mol. The summed E-state index contributed by atoms with van der Waals surface area (Å²) in [6.45, 7) is 0.426. The van der Waals surface area contributed by atoms with Gasteiger partial charge in [0.25, 0.3) is 0 Å². The van der Waals surface area contributed by atoms with E-state index in [-0.39, 0.29) is 6.42 Å². The number of hydrogen-bond donors (Lipinski definition) is 3. The van der Waals surface area contributed by atoms with Crippen LogP contribution in [0.25, 0.3) is 0 Å². The van der Waals surface area contributed by atoms with Crippen LogP contribution in [0, 0.1) is 0 Å². The number of carbonyl (C=O) groups excluding carboxylic acids is 2. The van der Waals surface area contributed by atoms with Gasteiger partial charge in [0, 0.05) is 12.1 Å². The summed E-state index contributed by atoms with van der Waals surface area (Å²) in [7, 11) is 0. The standard InChI is InChI=1S/C12H15N3O4/c13-10(16)8-9(12(18)19)14-11(17)4-7-15-5-2-1-3-6-15/h1-3,5-6,9H,4,7-8H2,(H3-,13,14,16,17,18,19)/p+1. The van der Waals surface area contributed by atoms with E-state index in [0.717, 1.165) is 0 Å². The predicted molar refractivity (Wildman–Crippen MR) is 64.6 cm³/mol. The van der Waals surface area contributed by atoms with Crippen molar-refractivity contribution in [3.63, 3.8) is 0 Å². The predicted octanol–water partition coefficient (Wildman–Crippen LogP) is -1.19. The zero-order valence-electron chi connectivity index (χ0n) is 10.3. The normalized spacial score (nSPS) is 11.6. The van der Waals surface area contributed by atoms with Gasteiger partial charge in [-0.3, -0.25) is 9.59 Å². The first-order valence-corrected chi connectivity index (χ1v) is 5.73. The van der Waals surface area contributed by atoms with E-state index in [1.165, 1.54) is 0 Å². The van der Waals surface area contributed by atoms with E-state index in [1.807, 2.05) is 18.2 Å². The Morgan fingerprint density at radius 3 is 2.37 bits per heavy atom. The maximum atomic E-state index is 11.6. The number of aryl methyl sites for hydroxylation is 1. The molecule has 7 nitrogen and oxygen atoms in total. The number of nitrogens with two attached hydrogens (primary N) is 1. The Balaban J connectivity index is 2.45. The molecule has 0 radical (unpaired) electrons. The Bertz CT molecular complexity index is 461. The van der Waals surface area contributed by atoms with Crippen molar-refractivity contribution in [3.8, 4) is 0 Å². The smallest absolute Gasteiger partial charge is 0.326 e. The van der Waals surface area contributed by atoms with Crippen molar-refractivity contribution >= 4 is 17.8 Å². The highest BCUT2D eigenvalue weighted by molar-refractivity contribution is 5.88. The number of pyridine rings is 1. The van der Waals surface area contributed by atoms with Crippen LogP contribution in [-0.4, -0.2) is 28.9 Å². The second kappa shape index (κ2) is 7.10. The number of nitrogens with one attached hydrogen (secondary N) is 1. The lowest BCUT2D eigenvalue weighted by atomic mass is 10.2. The molecule has 0 saturated carbocycles. The zero-order chi connectivity index (χ0) is 14.3. The van der Waals surface area contributed by atoms with Gasteiger partial charge in [0.05, 0.1) is 12.8 Å². The molecule has 1 aromatic heterocycles. The topological polar surface area (TPSA) is 113 Å². The van der Waals surface area contributed by atoms with Gasteiger partial charge in [-0.1, -0.05) is 6.07 Å². The Morgan fingerprint density at radius 2 is 1.84 bits per heavy atom. The first-order valence-electron chi connectivity index (χ1n) is 5.73. The summed E-state index contributed by atoms with van der Waals surface area (Å²) >= 11 is 0. The van der Waals surface area contributed by atoms with Crippen molar-refractivity contribution in [2.24, 2.45) is 5.73 Å². The Hall–Kier alpha value is -2.44. The highest BCUT2D eigenvalue weighted by Crippen LogP contribution is 1.93. The van der Waals surface area contributed by atoms with Gasteiger partial charge in [-0.2, -0.15) is 0 Å². The van der Waals surface area contributed by atoms with Crippen LogP contribution in [0.1, 0.15) is 12.8 Å². The number of aliphatic carboxylic acids is 1. The summed E-state index contributed by atoms with van der Waals surface area (Å²) in [5.74, 6) is -2.49. The van der Waals surface area contributed by atoms with Crippen LogP contribution in [-0.2, 0) is 20.9 Å². The van der Waals surface area contributed by atoms with Crippen LogP contribution >= 0.6 is 0 Å². The molecule has 0 aliphatic heterocycles. The van der Waals surface area contributed by atoms with Crippen LogP contribution < -0.4 is 15.6 Å². The Kier molecular flexibility index (Phi) is 5.46. The number of carboxylic acid groups (broad SMARTS) is 1. The number of primary amides is 1. The Morgan fingerprint density at radius 1 is 1.21 bits per heavy atom. The minimum Gasteiger partial charge on any atom is -0.480 e. The minimum absolute atomic E-state index is 0.122. The minimum atomic E-state index is -1.28. The molecular formula is C12H16N3O4+. The molecule has 0 aliphatic rings. The third-order valence-corrected chi connectivity index (χ3v) is 2.41. The lowest BCUT2D eigenvalue weighted by molar-refractivity contribution is -0.695. The van der Waals surface area contributed by atoms with Crippen LogP contribution in [0.4, 0.5) is 0 Å². The monoisotopic (exact) mass is 266 g/mol. The molecule has 0 spiro atoms. The number of hydrogen-bond acceptors (Lipinski definition) is 3. The molecule has 1 atom stereocenters. The van der Waals surface area contributed by atoms with Gasteiger partial charge < -0.3 is 16.2 Å². The number of amides is 2. The summed E-state index contributed by atoms with van der Waals surface area (Å²) < 4.78 is 1.80. The Labute approximate surface area is 110 Å². The molecule has 0 fully saturated rings. The van der Waals surface area contributed by atoms with Gasteiger partial charge in [0.15, 0.2) is 18.9 Å².